The van der Waals surface area contributed by atoms with Crippen molar-refractivity contribution in [2.45, 2.75) is 45.1 Å². The summed E-state index contributed by atoms with van der Waals surface area (Å²) in [4.78, 5) is 19.8. The van der Waals surface area contributed by atoms with E-state index in [2.05, 4.69) is 92.5 Å². The van der Waals surface area contributed by atoms with Crippen molar-refractivity contribution in [2.24, 2.45) is 0 Å². The molecule has 0 amide bonds. The molecule has 2 aliphatic rings. The quantitative estimate of drug-likeness (QED) is 0.203. The van der Waals surface area contributed by atoms with Crippen LogP contribution in [0.5, 0.6) is 0 Å². The molecule has 1 unspecified atom stereocenters. The van der Waals surface area contributed by atoms with Gasteiger partial charge in [0.05, 0.1) is 19.5 Å². The Morgan fingerprint density at radius 1 is 0.773 bits per heavy atom. The number of aromatic nitrogens is 4. The third kappa shape index (κ3) is 6.75. The Morgan fingerprint density at radius 3 is 2.14 bits per heavy atom. The van der Waals surface area contributed by atoms with Gasteiger partial charge in [-0.1, -0.05) is 72.8 Å². The molecule has 226 valence electrons. The third-order valence-electron chi connectivity index (χ3n) is 8.32. The molecule has 2 aromatic heterocycles. The lowest BCUT2D eigenvalue weighted by molar-refractivity contribution is -0.0298. The minimum Gasteiger partial charge on any atom is -0.379 e. The second kappa shape index (κ2) is 13.5. The van der Waals surface area contributed by atoms with Crippen LogP contribution in [0.4, 0.5) is 17.5 Å². The van der Waals surface area contributed by atoms with Gasteiger partial charge in [-0.2, -0.15) is 9.97 Å². The van der Waals surface area contributed by atoms with Crippen molar-refractivity contribution in [3.63, 3.8) is 0 Å². The summed E-state index contributed by atoms with van der Waals surface area (Å²) >= 11 is 0. The number of benzene rings is 3. The summed E-state index contributed by atoms with van der Waals surface area (Å²) in [5.41, 5.74) is 6.18. The summed E-state index contributed by atoms with van der Waals surface area (Å²) in [6.45, 7) is 6.58. The van der Waals surface area contributed by atoms with Crippen molar-refractivity contribution >= 4 is 28.6 Å². The molecule has 3 aromatic carbocycles. The molecular formula is C35H39N7O2. The maximum Gasteiger partial charge on any atom is 0.231 e. The fraction of sp³-hybridized carbons (Fsp3) is 0.343. The smallest absolute Gasteiger partial charge is 0.231 e. The molecule has 9 nitrogen and oxygen atoms in total. The zero-order valence-corrected chi connectivity index (χ0v) is 25.0. The van der Waals surface area contributed by atoms with Crippen LogP contribution in [-0.4, -0.2) is 57.3 Å². The van der Waals surface area contributed by atoms with Gasteiger partial charge in [-0.15, -0.1) is 0 Å². The summed E-state index contributed by atoms with van der Waals surface area (Å²) in [7, 11) is 0. The topological polar surface area (TPSA) is 80.6 Å². The minimum absolute atomic E-state index is 0.0829. The Balaban J connectivity index is 1.24. The lowest BCUT2D eigenvalue weighted by Gasteiger charge is -2.26. The Morgan fingerprint density at radius 2 is 1.48 bits per heavy atom. The van der Waals surface area contributed by atoms with Gasteiger partial charge >= 0.3 is 0 Å². The van der Waals surface area contributed by atoms with E-state index in [1.54, 1.807) is 0 Å². The van der Waals surface area contributed by atoms with Crippen LogP contribution < -0.4 is 10.2 Å². The molecule has 0 bridgehead atoms. The normalized spacial score (nSPS) is 17.5. The zero-order valence-electron chi connectivity index (χ0n) is 25.0. The molecule has 5 aromatic rings. The Kier molecular flexibility index (Phi) is 8.76. The predicted octanol–water partition coefficient (Wildman–Crippen LogP) is 6.31. The van der Waals surface area contributed by atoms with Gasteiger partial charge in [0, 0.05) is 45.0 Å². The molecule has 0 saturated carbocycles. The van der Waals surface area contributed by atoms with Crippen LogP contribution >= 0.6 is 0 Å². The van der Waals surface area contributed by atoms with Crippen LogP contribution in [0.2, 0.25) is 0 Å². The van der Waals surface area contributed by atoms with E-state index in [1.165, 1.54) is 16.7 Å². The first-order valence-electron chi connectivity index (χ1n) is 15.6. The molecule has 44 heavy (non-hydrogen) atoms. The molecule has 7 rings (SSSR count). The molecule has 4 heterocycles. The van der Waals surface area contributed by atoms with E-state index in [9.17, 15) is 0 Å². The van der Waals surface area contributed by atoms with E-state index in [-0.39, 0.29) is 6.23 Å². The molecule has 1 N–H and O–H groups in total. The van der Waals surface area contributed by atoms with Crippen LogP contribution in [0.1, 0.15) is 42.2 Å². The number of hydrogen-bond acceptors (Lipinski definition) is 8. The Labute approximate surface area is 258 Å². The van der Waals surface area contributed by atoms with Crippen LogP contribution in [0.15, 0.2) is 91.3 Å². The van der Waals surface area contributed by atoms with Crippen molar-refractivity contribution in [3.8, 4) is 0 Å². The van der Waals surface area contributed by atoms with Crippen LogP contribution in [0, 0.1) is 0 Å². The maximum atomic E-state index is 6.17. The van der Waals surface area contributed by atoms with Crippen LogP contribution in [0.3, 0.4) is 0 Å². The largest absolute Gasteiger partial charge is 0.379 e. The molecule has 2 saturated heterocycles. The first-order chi connectivity index (χ1) is 21.8. The average molecular weight is 590 g/mol. The highest BCUT2D eigenvalue weighted by Gasteiger charge is 2.24. The third-order valence-corrected chi connectivity index (χ3v) is 8.32. The predicted molar refractivity (Wildman–Crippen MR) is 173 cm³/mol. The molecule has 0 radical (unpaired) electrons. The van der Waals surface area contributed by atoms with Crippen molar-refractivity contribution in [3.05, 3.63) is 108 Å². The molecular weight excluding hydrogens is 550 g/mol. The fourth-order valence-corrected chi connectivity index (χ4v) is 5.99. The van der Waals surface area contributed by atoms with Crippen LogP contribution in [-0.2, 0) is 29.1 Å². The molecule has 0 spiro atoms. The number of nitrogens with one attached hydrogen (secondary N) is 1. The summed E-state index contributed by atoms with van der Waals surface area (Å²) in [6.07, 6.45) is 4.93. The summed E-state index contributed by atoms with van der Waals surface area (Å²) in [5, 5.41) is 3.51. The van der Waals surface area contributed by atoms with Crippen molar-refractivity contribution < 1.29 is 9.47 Å². The number of rotatable bonds is 10. The first kappa shape index (κ1) is 28.5. The van der Waals surface area contributed by atoms with Gasteiger partial charge in [0.2, 0.25) is 5.95 Å². The van der Waals surface area contributed by atoms with E-state index in [0.29, 0.717) is 19.0 Å². The number of anilines is 3. The standard InChI is InChI=1S/C35H39N7O2/c1-3-9-27(10-4-1)24-41(25-28-11-5-2-6-12-28)33-32-34(42(26-36-32)31-13-7-8-20-44-31)39-35(38-33)37-30-16-14-29(15-17-30)23-40-18-21-43-22-19-40/h1-6,9-12,14-17,26,31H,7-8,13,18-25H2,(H,37,38,39). The van der Waals surface area contributed by atoms with Gasteiger partial charge in [-0.05, 0) is 48.1 Å². The van der Waals surface area contributed by atoms with Crippen LogP contribution in [0.25, 0.3) is 11.2 Å². The van der Waals surface area contributed by atoms with Gasteiger partial charge in [0.1, 0.15) is 6.23 Å². The Hall–Kier alpha value is -4.31. The minimum atomic E-state index is -0.0829. The maximum absolute atomic E-state index is 6.17. The van der Waals surface area contributed by atoms with Gasteiger partial charge in [0.25, 0.3) is 0 Å². The lowest BCUT2D eigenvalue weighted by Crippen LogP contribution is -2.35. The van der Waals surface area contributed by atoms with E-state index in [4.69, 9.17) is 24.4 Å². The van der Waals surface area contributed by atoms with E-state index < -0.39 is 0 Å². The van der Waals surface area contributed by atoms with E-state index >= 15 is 0 Å². The Bertz CT molecular complexity index is 1590. The fourth-order valence-electron chi connectivity index (χ4n) is 5.99. The average Bonchev–Trinajstić information content (AvgIpc) is 3.51. The van der Waals surface area contributed by atoms with E-state index in [1.807, 2.05) is 18.5 Å². The summed E-state index contributed by atoms with van der Waals surface area (Å²) in [6, 6.07) is 29.6. The zero-order chi connectivity index (χ0) is 29.6. The SMILES string of the molecule is c1ccc(CN(Cc2ccccc2)c2nc(Nc3ccc(CN4CCOCC4)cc3)nc3c2ncn3C2CCCCO2)cc1. The molecule has 9 heteroatoms. The van der Waals surface area contributed by atoms with Crippen molar-refractivity contribution in [1.29, 1.82) is 0 Å². The molecule has 0 aliphatic carbocycles. The van der Waals surface area contributed by atoms with Gasteiger partial charge < -0.3 is 19.7 Å². The first-order valence-corrected chi connectivity index (χ1v) is 15.6. The number of nitrogens with zero attached hydrogens (tertiary/aromatic N) is 6. The number of hydrogen-bond donors (Lipinski definition) is 1. The summed E-state index contributed by atoms with van der Waals surface area (Å²) < 4.78 is 13.8. The number of morpholine rings is 1. The second-order valence-electron chi connectivity index (χ2n) is 11.6. The second-order valence-corrected chi connectivity index (χ2v) is 11.6. The number of fused-ring (bicyclic) bond motifs is 1. The van der Waals surface area contributed by atoms with Gasteiger partial charge in [-0.3, -0.25) is 9.47 Å². The lowest BCUT2D eigenvalue weighted by atomic mass is 10.1. The summed E-state index contributed by atoms with van der Waals surface area (Å²) in [5.74, 6) is 1.33. The van der Waals surface area contributed by atoms with Gasteiger partial charge in [-0.25, -0.2) is 4.98 Å². The highest BCUT2D eigenvalue weighted by molar-refractivity contribution is 5.85. The number of imidazole rings is 1. The highest BCUT2D eigenvalue weighted by Crippen LogP contribution is 2.32. The molecule has 2 fully saturated rings. The van der Waals surface area contributed by atoms with E-state index in [0.717, 1.165) is 81.4 Å². The number of ether oxygens (including phenoxy) is 2. The van der Waals surface area contributed by atoms with Gasteiger partial charge in [0.15, 0.2) is 17.0 Å². The molecule has 1 atom stereocenters. The molecule has 2 aliphatic heterocycles. The van der Waals surface area contributed by atoms with Crippen molar-refractivity contribution in [2.75, 3.05) is 43.1 Å². The monoisotopic (exact) mass is 589 g/mol. The highest BCUT2D eigenvalue weighted by atomic mass is 16.5. The van der Waals surface area contributed by atoms with Crippen molar-refractivity contribution in [1.82, 2.24) is 24.4 Å².